The van der Waals surface area contributed by atoms with Crippen LogP contribution >= 0.6 is 0 Å². The first-order valence-electron chi connectivity index (χ1n) is 9.85. The first-order chi connectivity index (χ1) is 14.7. The minimum absolute atomic E-state index is 0.390. The number of carboxylic acids is 1. The summed E-state index contributed by atoms with van der Waals surface area (Å²) in [6.45, 7) is 4.49. The molecule has 6 unspecified atom stereocenters. The van der Waals surface area contributed by atoms with Gasteiger partial charge in [-0.1, -0.05) is 20.3 Å². The Labute approximate surface area is 184 Å². The number of hydrogen-bond donors (Lipinski definition) is 8. The van der Waals surface area contributed by atoms with E-state index >= 15 is 0 Å². The highest BCUT2D eigenvalue weighted by Crippen LogP contribution is 2.10. The van der Waals surface area contributed by atoms with E-state index in [2.05, 4.69) is 16.0 Å². The van der Waals surface area contributed by atoms with E-state index in [1.165, 1.54) is 6.92 Å². The van der Waals surface area contributed by atoms with Crippen LogP contribution in [0.1, 0.15) is 40.0 Å². The third kappa shape index (κ3) is 9.70. The minimum atomic E-state index is -1.63. The third-order valence-electron chi connectivity index (χ3n) is 4.64. The molecule has 182 valence electrons. The summed E-state index contributed by atoms with van der Waals surface area (Å²) >= 11 is 0. The van der Waals surface area contributed by atoms with Gasteiger partial charge in [-0.3, -0.25) is 24.0 Å². The fourth-order valence-electron chi connectivity index (χ4n) is 2.59. The maximum atomic E-state index is 12.7. The van der Waals surface area contributed by atoms with Crippen LogP contribution in [-0.2, 0) is 28.8 Å². The number of nitrogens with one attached hydrogen (secondary N) is 3. The lowest BCUT2D eigenvalue weighted by Crippen LogP contribution is -2.60. The molecular formula is C18H32N6O8. The molecule has 0 bridgehead atoms. The maximum absolute atomic E-state index is 12.7. The molecule has 0 aromatic heterocycles. The number of nitrogens with two attached hydrogens (primary N) is 3. The average Bonchev–Trinajstić information content (AvgIpc) is 2.67. The molecule has 32 heavy (non-hydrogen) atoms. The number of amides is 5. The Bertz CT molecular complexity index is 728. The van der Waals surface area contributed by atoms with Crippen LogP contribution in [0.4, 0.5) is 0 Å². The van der Waals surface area contributed by atoms with Crippen molar-refractivity contribution in [2.24, 2.45) is 23.1 Å². The molecule has 0 rings (SSSR count). The molecule has 0 aromatic rings. The molecule has 0 spiro atoms. The van der Waals surface area contributed by atoms with Gasteiger partial charge in [0.05, 0.1) is 25.0 Å². The zero-order chi connectivity index (χ0) is 25.2. The molecule has 0 aliphatic heterocycles. The second-order valence-corrected chi connectivity index (χ2v) is 7.45. The topological polar surface area (TPSA) is 257 Å². The van der Waals surface area contributed by atoms with Crippen molar-refractivity contribution in [3.05, 3.63) is 0 Å². The largest absolute Gasteiger partial charge is 0.480 e. The van der Waals surface area contributed by atoms with Gasteiger partial charge in [-0.2, -0.15) is 0 Å². The predicted molar refractivity (Wildman–Crippen MR) is 110 cm³/mol. The van der Waals surface area contributed by atoms with Crippen molar-refractivity contribution in [1.82, 2.24) is 16.0 Å². The Kier molecular flexibility index (Phi) is 11.9. The summed E-state index contributed by atoms with van der Waals surface area (Å²) in [6.07, 6.45) is -2.18. The first-order valence-corrected chi connectivity index (χ1v) is 9.85. The van der Waals surface area contributed by atoms with Crippen molar-refractivity contribution in [1.29, 1.82) is 0 Å². The SMILES string of the molecule is CCC(C)C(NC(=O)C(CC(N)=O)NC(=O)C(N)CC(N)=O)C(=O)NC(C(=O)O)C(C)O. The number of primary amides is 2. The summed E-state index contributed by atoms with van der Waals surface area (Å²) in [4.78, 5) is 71.0. The van der Waals surface area contributed by atoms with Crippen molar-refractivity contribution < 1.29 is 39.0 Å². The standard InChI is InChI=1S/C18H32N6O8/c1-4-7(2)13(17(30)24-14(8(3)25)18(31)32)23-16(29)10(6-12(21)27)22-15(28)9(19)5-11(20)26/h7-10,13-14,25H,4-6,19H2,1-3H3,(H2,20,26)(H2,21,27)(H,22,28)(H,23,29)(H,24,30)(H,31,32). The maximum Gasteiger partial charge on any atom is 0.328 e. The molecule has 0 saturated carbocycles. The van der Waals surface area contributed by atoms with Crippen molar-refractivity contribution >= 4 is 35.5 Å². The van der Waals surface area contributed by atoms with Crippen molar-refractivity contribution in [2.45, 2.75) is 70.3 Å². The highest BCUT2D eigenvalue weighted by molar-refractivity contribution is 5.97. The van der Waals surface area contributed by atoms with Crippen LogP contribution < -0.4 is 33.2 Å². The molecule has 11 N–H and O–H groups in total. The molecule has 0 aliphatic carbocycles. The number of rotatable bonds is 14. The number of aliphatic hydroxyl groups is 1. The second kappa shape index (κ2) is 13.2. The fourth-order valence-corrected chi connectivity index (χ4v) is 2.59. The van der Waals surface area contributed by atoms with Crippen LogP contribution in [-0.4, -0.2) is 76.0 Å². The number of hydrogen-bond acceptors (Lipinski definition) is 8. The number of aliphatic carboxylic acids is 1. The summed E-state index contributed by atoms with van der Waals surface area (Å²) < 4.78 is 0. The van der Waals surface area contributed by atoms with Crippen molar-refractivity contribution in [2.75, 3.05) is 0 Å². The Morgan fingerprint density at radius 3 is 1.72 bits per heavy atom. The van der Waals surface area contributed by atoms with Crippen LogP contribution in [0, 0.1) is 5.92 Å². The molecule has 6 atom stereocenters. The van der Waals surface area contributed by atoms with Gasteiger partial charge in [0.15, 0.2) is 6.04 Å². The van der Waals surface area contributed by atoms with E-state index in [1.807, 2.05) is 0 Å². The van der Waals surface area contributed by atoms with Crippen LogP contribution in [0.2, 0.25) is 0 Å². The third-order valence-corrected chi connectivity index (χ3v) is 4.64. The number of carboxylic acid groups (broad SMARTS) is 1. The molecule has 14 heteroatoms. The van der Waals surface area contributed by atoms with E-state index < -0.39 is 84.5 Å². The quantitative estimate of drug-likeness (QED) is 0.125. The zero-order valence-electron chi connectivity index (χ0n) is 18.2. The minimum Gasteiger partial charge on any atom is -0.480 e. The van der Waals surface area contributed by atoms with Gasteiger partial charge in [-0.05, 0) is 12.8 Å². The van der Waals surface area contributed by atoms with Gasteiger partial charge in [0.2, 0.25) is 29.5 Å². The Morgan fingerprint density at radius 2 is 1.31 bits per heavy atom. The van der Waals surface area contributed by atoms with E-state index in [0.29, 0.717) is 6.42 Å². The molecule has 5 amide bonds. The summed E-state index contributed by atoms with van der Waals surface area (Å²) in [5.41, 5.74) is 15.6. The van der Waals surface area contributed by atoms with Gasteiger partial charge >= 0.3 is 5.97 Å². The first kappa shape index (κ1) is 28.7. The van der Waals surface area contributed by atoms with E-state index in [1.54, 1.807) is 13.8 Å². The summed E-state index contributed by atoms with van der Waals surface area (Å²) in [6, 6.07) is -5.80. The lowest BCUT2D eigenvalue weighted by molar-refractivity contribution is -0.145. The Morgan fingerprint density at radius 1 is 0.812 bits per heavy atom. The molecule has 0 heterocycles. The molecule has 0 aromatic carbocycles. The number of carbonyl (C=O) groups is 6. The van der Waals surface area contributed by atoms with Gasteiger partial charge in [0.25, 0.3) is 0 Å². The fraction of sp³-hybridized carbons (Fsp3) is 0.667. The van der Waals surface area contributed by atoms with Gasteiger partial charge in [-0.25, -0.2) is 4.79 Å². The summed E-state index contributed by atoms with van der Waals surface area (Å²) in [7, 11) is 0. The van der Waals surface area contributed by atoms with Crippen molar-refractivity contribution in [3.63, 3.8) is 0 Å². The normalized spacial score (nSPS) is 16.4. The van der Waals surface area contributed by atoms with Gasteiger partial charge < -0.3 is 43.4 Å². The average molecular weight is 460 g/mol. The van der Waals surface area contributed by atoms with E-state index in [0.717, 1.165) is 0 Å². The van der Waals surface area contributed by atoms with Crippen LogP contribution in [0.25, 0.3) is 0 Å². The lowest BCUT2D eigenvalue weighted by Gasteiger charge is -2.28. The van der Waals surface area contributed by atoms with E-state index in [-0.39, 0.29) is 0 Å². The van der Waals surface area contributed by atoms with Gasteiger partial charge in [0.1, 0.15) is 12.1 Å². The monoisotopic (exact) mass is 460 g/mol. The van der Waals surface area contributed by atoms with Crippen LogP contribution in [0.3, 0.4) is 0 Å². The predicted octanol–water partition coefficient (Wildman–Crippen LogP) is -3.97. The number of carbonyl (C=O) groups excluding carboxylic acids is 5. The zero-order valence-corrected chi connectivity index (χ0v) is 18.2. The molecule has 0 saturated heterocycles. The molecule has 0 aliphatic rings. The molecule has 0 fully saturated rings. The second-order valence-electron chi connectivity index (χ2n) is 7.45. The summed E-state index contributed by atoms with van der Waals surface area (Å²) in [5.74, 6) is -6.59. The molecule has 0 radical (unpaired) electrons. The highest BCUT2D eigenvalue weighted by Gasteiger charge is 2.34. The van der Waals surface area contributed by atoms with Gasteiger partial charge in [0, 0.05) is 0 Å². The smallest absolute Gasteiger partial charge is 0.328 e. The van der Waals surface area contributed by atoms with Crippen molar-refractivity contribution in [3.8, 4) is 0 Å². The Balaban J connectivity index is 5.59. The molecule has 14 nitrogen and oxygen atoms in total. The highest BCUT2D eigenvalue weighted by atomic mass is 16.4. The lowest BCUT2D eigenvalue weighted by atomic mass is 9.97. The van der Waals surface area contributed by atoms with Crippen LogP contribution in [0.5, 0.6) is 0 Å². The number of aliphatic hydroxyl groups excluding tert-OH is 1. The molecular weight excluding hydrogens is 428 g/mol. The van der Waals surface area contributed by atoms with E-state index in [9.17, 15) is 33.9 Å². The van der Waals surface area contributed by atoms with Gasteiger partial charge in [-0.15, -0.1) is 0 Å². The van der Waals surface area contributed by atoms with Crippen LogP contribution in [0.15, 0.2) is 0 Å². The summed E-state index contributed by atoms with van der Waals surface area (Å²) in [5, 5.41) is 25.4. The van der Waals surface area contributed by atoms with E-state index in [4.69, 9.17) is 22.3 Å². The Hall–Kier alpha value is -3.26.